The van der Waals surface area contributed by atoms with E-state index >= 15 is 0 Å². The molecular weight excluding hydrogens is 455 g/mol. The molecule has 2 N–H and O–H groups in total. The first-order chi connectivity index (χ1) is 17.4. The molecule has 0 bridgehead atoms. The Labute approximate surface area is 208 Å². The van der Waals surface area contributed by atoms with Crippen molar-refractivity contribution in [2.24, 2.45) is 0 Å². The fourth-order valence-electron chi connectivity index (χ4n) is 3.58. The molecule has 0 amide bonds. The molecule has 10 heteroatoms. The third-order valence-electron chi connectivity index (χ3n) is 5.36. The normalized spacial score (nSPS) is 11.1. The number of hydrogen-bond donors (Lipinski definition) is 1. The summed E-state index contributed by atoms with van der Waals surface area (Å²) in [7, 11) is 6.20. The van der Waals surface area contributed by atoms with Crippen molar-refractivity contribution in [1.29, 1.82) is 0 Å². The number of ether oxygens (including phenoxy) is 2. The summed E-state index contributed by atoms with van der Waals surface area (Å²) in [6.45, 7) is 3.58. The lowest BCUT2D eigenvalue weighted by Gasteiger charge is -2.12. The molecule has 2 radical (unpaired) electrons. The van der Waals surface area contributed by atoms with Crippen LogP contribution in [0.25, 0.3) is 28.0 Å². The number of esters is 1. The minimum Gasteiger partial charge on any atom is -0.459 e. The maximum absolute atomic E-state index is 12.1. The van der Waals surface area contributed by atoms with E-state index < -0.39 is 5.97 Å². The molecule has 0 fully saturated rings. The van der Waals surface area contributed by atoms with Gasteiger partial charge in [-0.05, 0) is 56.3 Å². The summed E-state index contributed by atoms with van der Waals surface area (Å²) in [4.78, 5) is 25.4. The number of rotatable bonds is 6. The van der Waals surface area contributed by atoms with Gasteiger partial charge in [-0.3, -0.25) is 9.97 Å². The first-order valence-corrected chi connectivity index (χ1v) is 11.2. The number of anilines is 1. The van der Waals surface area contributed by atoms with Crippen LogP contribution in [-0.2, 0) is 4.74 Å². The number of benzene rings is 1. The molecule has 0 spiro atoms. The summed E-state index contributed by atoms with van der Waals surface area (Å²) in [5.41, 5.74) is 10.5. The predicted molar refractivity (Wildman–Crippen MR) is 136 cm³/mol. The molecule has 1 aromatic carbocycles. The standard InChI is InChI=1S/C26H21BN6O3/c1-15(2)35-26(34)16-5-8-19(9-6-16)36-25-22(27)23(28)33-24(32-25)20(14-31-33)17-7-10-21(30-13-17)18-4-3-11-29-12-18/h3-15H,28H2,1-2H3. The molecule has 9 nitrogen and oxygen atoms in total. The summed E-state index contributed by atoms with van der Waals surface area (Å²) < 4.78 is 12.6. The van der Waals surface area contributed by atoms with Gasteiger partial charge in [-0.15, -0.1) is 0 Å². The van der Waals surface area contributed by atoms with Crippen LogP contribution in [0.2, 0.25) is 0 Å². The molecule has 0 aliphatic heterocycles. The summed E-state index contributed by atoms with van der Waals surface area (Å²) >= 11 is 0. The number of pyridine rings is 2. The second-order valence-electron chi connectivity index (χ2n) is 8.26. The van der Waals surface area contributed by atoms with E-state index in [9.17, 15) is 4.79 Å². The molecule has 176 valence electrons. The molecule has 0 aliphatic carbocycles. The minimum absolute atomic E-state index is 0.124. The highest BCUT2D eigenvalue weighted by Gasteiger charge is 2.17. The summed E-state index contributed by atoms with van der Waals surface area (Å²) in [6, 6.07) is 14.1. The van der Waals surface area contributed by atoms with E-state index in [1.165, 1.54) is 4.52 Å². The van der Waals surface area contributed by atoms with Crippen molar-refractivity contribution in [2.45, 2.75) is 20.0 Å². The lowest BCUT2D eigenvalue weighted by molar-refractivity contribution is 0.0378. The van der Waals surface area contributed by atoms with Crippen molar-refractivity contribution in [3.8, 4) is 34.0 Å². The van der Waals surface area contributed by atoms with E-state index in [0.29, 0.717) is 22.5 Å². The number of aromatic nitrogens is 5. The number of nitrogens with zero attached hydrogens (tertiary/aromatic N) is 5. The van der Waals surface area contributed by atoms with Gasteiger partial charge in [0.25, 0.3) is 0 Å². The van der Waals surface area contributed by atoms with E-state index in [-0.39, 0.29) is 23.3 Å². The van der Waals surface area contributed by atoms with Crippen molar-refractivity contribution in [2.75, 3.05) is 5.73 Å². The van der Waals surface area contributed by atoms with Gasteiger partial charge in [-0.2, -0.15) is 14.6 Å². The lowest BCUT2D eigenvalue weighted by Crippen LogP contribution is -2.19. The van der Waals surface area contributed by atoms with E-state index in [4.69, 9.17) is 23.1 Å². The quantitative estimate of drug-likeness (QED) is 0.292. The Bertz CT molecular complexity index is 1530. The van der Waals surface area contributed by atoms with Gasteiger partial charge in [-0.25, -0.2) is 4.79 Å². The Hall–Kier alpha value is -4.73. The Morgan fingerprint density at radius 2 is 1.83 bits per heavy atom. The van der Waals surface area contributed by atoms with Crippen LogP contribution in [0.4, 0.5) is 5.82 Å². The maximum atomic E-state index is 12.1. The topological polar surface area (TPSA) is 118 Å². The zero-order valence-electron chi connectivity index (χ0n) is 19.6. The third kappa shape index (κ3) is 4.48. The highest BCUT2D eigenvalue weighted by molar-refractivity contribution is 6.37. The molecular formula is C26H21BN6O3. The summed E-state index contributed by atoms with van der Waals surface area (Å²) in [5, 5.41) is 4.34. The maximum Gasteiger partial charge on any atom is 0.338 e. The van der Waals surface area contributed by atoms with E-state index in [2.05, 4.69) is 20.1 Å². The molecule has 0 unspecified atom stereocenters. The third-order valence-corrected chi connectivity index (χ3v) is 5.36. The van der Waals surface area contributed by atoms with Crippen LogP contribution in [0.5, 0.6) is 11.6 Å². The highest BCUT2D eigenvalue weighted by atomic mass is 16.5. The molecule has 5 aromatic rings. The number of nitrogen functional groups attached to an aromatic ring is 1. The van der Waals surface area contributed by atoms with Crippen LogP contribution in [0, 0.1) is 0 Å². The van der Waals surface area contributed by atoms with Crippen molar-refractivity contribution in [1.82, 2.24) is 24.6 Å². The molecule has 0 saturated heterocycles. The van der Waals surface area contributed by atoms with E-state index in [1.807, 2.05) is 24.3 Å². The second-order valence-corrected chi connectivity index (χ2v) is 8.26. The zero-order valence-corrected chi connectivity index (χ0v) is 19.6. The molecule has 4 aromatic heterocycles. The van der Waals surface area contributed by atoms with Crippen LogP contribution in [0.15, 0.2) is 73.3 Å². The number of carbonyl (C=O) groups excluding carboxylic acids is 1. The minimum atomic E-state index is -0.410. The SMILES string of the molecule is [B]c1c(Oc2ccc(C(=O)OC(C)C)cc2)nc2c(-c3ccc(-c4cccnc4)nc3)cnn2c1N. The fourth-order valence-corrected chi connectivity index (χ4v) is 3.58. The van der Waals surface area contributed by atoms with Crippen molar-refractivity contribution < 1.29 is 14.3 Å². The van der Waals surface area contributed by atoms with E-state index in [0.717, 1.165) is 16.8 Å². The van der Waals surface area contributed by atoms with Crippen molar-refractivity contribution in [3.05, 3.63) is 78.9 Å². The second kappa shape index (κ2) is 9.49. The molecule has 5 rings (SSSR count). The van der Waals surface area contributed by atoms with Gasteiger partial charge in [0.05, 0.1) is 23.6 Å². The van der Waals surface area contributed by atoms with Gasteiger partial charge < -0.3 is 15.2 Å². The number of carbonyl (C=O) groups is 1. The first-order valence-electron chi connectivity index (χ1n) is 11.2. The Balaban J connectivity index is 1.45. The first kappa shape index (κ1) is 23.0. The number of hydrogen-bond acceptors (Lipinski definition) is 8. The van der Waals surface area contributed by atoms with Crippen LogP contribution in [0.1, 0.15) is 24.2 Å². The average Bonchev–Trinajstić information content (AvgIpc) is 3.31. The number of nitrogens with two attached hydrogens (primary N) is 1. The zero-order chi connectivity index (χ0) is 25.2. The van der Waals surface area contributed by atoms with Gasteiger partial charge in [0.15, 0.2) is 5.65 Å². The van der Waals surface area contributed by atoms with Crippen LogP contribution in [0.3, 0.4) is 0 Å². The summed E-state index contributed by atoms with van der Waals surface area (Å²) in [6.07, 6.45) is 6.65. The van der Waals surface area contributed by atoms with Crippen LogP contribution in [-0.4, -0.2) is 44.5 Å². The lowest BCUT2D eigenvalue weighted by atomic mass is 9.98. The smallest absolute Gasteiger partial charge is 0.338 e. The van der Waals surface area contributed by atoms with Gasteiger partial charge in [-0.1, -0.05) is 6.07 Å². The summed E-state index contributed by atoms with van der Waals surface area (Å²) in [5.74, 6) is 0.340. The molecule has 36 heavy (non-hydrogen) atoms. The van der Waals surface area contributed by atoms with Crippen molar-refractivity contribution >= 4 is 30.7 Å². The van der Waals surface area contributed by atoms with Gasteiger partial charge in [0.2, 0.25) is 5.88 Å². The molecule has 0 atom stereocenters. The molecule has 0 aliphatic rings. The largest absolute Gasteiger partial charge is 0.459 e. The van der Waals surface area contributed by atoms with Crippen molar-refractivity contribution in [3.63, 3.8) is 0 Å². The van der Waals surface area contributed by atoms with Gasteiger partial charge >= 0.3 is 5.97 Å². The number of fused-ring (bicyclic) bond motifs is 1. The van der Waals surface area contributed by atoms with Gasteiger partial charge in [0.1, 0.15) is 19.4 Å². The Morgan fingerprint density at radius 1 is 1.03 bits per heavy atom. The fraction of sp³-hybridized carbons (Fsp3) is 0.115. The average molecular weight is 476 g/mol. The molecule has 0 saturated carbocycles. The van der Waals surface area contributed by atoms with Crippen LogP contribution < -0.4 is 15.9 Å². The predicted octanol–water partition coefficient (Wildman–Crippen LogP) is 3.59. The van der Waals surface area contributed by atoms with E-state index in [1.54, 1.807) is 62.9 Å². The Kier molecular flexibility index (Phi) is 6.08. The van der Waals surface area contributed by atoms with Gasteiger partial charge in [0, 0.05) is 40.7 Å². The highest BCUT2D eigenvalue weighted by Crippen LogP contribution is 2.28. The Morgan fingerprint density at radius 3 is 2.50 bits per heavy atom. The monoisotopic (exact) mass is 476 g/mol. The molecule has 4 heterocycles. The van der Waals surface area contributed by atoms with Crippen LogP contribution >= 0.6 is 0 Å².